The van der Waals surface area contributed by atoms with Crippen molar-refractivity contribution in [2.75, 3.05) is 12.4 Å². The molecule has 2 heterocycles. The Kier molecular flexibility index (Phi) is 7.97. The molecule has 0 unspecified atom stereocenters. The summed E-state index contributed by atoms with van der Waals surface area (Å²) < 4.78 is 31.7. The highest BCUT2D eigenvalue weighted by atomic mass is 35.5. The lowest BCUT2D eigenvalue weighted by Crippen LogP contribution is -2.32. The lowest BCUT2D eigenvalue weighted by Gasteiger charge is -2.33. The van der Waals surface area contributed by atoms with Gasteiger partial charge in [-0.15, -0.1) is 0 Å². The molecule has 42 heavy (non-hydrogen) atoms. The van der Waals surface area contributed by atoms with Crippen LogP contribution >= 0.6 is 11.6 Å². The van der Waals surface area contributed by atoms with E-state index in [1.54, 1.807) is 38.3 Å². The van der Waals surface area contributed by atoms with Crippen LogP contribution in [-0.2, 0) is 6.61 Å². The minimum absolute atomic E-state index is 0.193. The number of halogens is 2. The molecule has 0 bridgehead atoms. The normalized spacial score (nSPS) is 13.5. The van der Waals surface area contributed by atoms with E-state index in [0.717, 1.165) is 39.1 Å². The summed E-state index contributed by atoms with van der Waals surface area (Å²) in [6, 6.07) is 16.9. The van der Waals surface area contributed by atoms with Crippen LogP contribution in [0.25, 0.3) is 16.7 Å². The smallest absolute Gasteiger partial charge is 0.343 e. The Balaban J connectivity index is 1.55. The predicted octanol–water partition coefficient (Wildman–Crippen LogP) is 8.57. The zero-order chi connectivity index (χ0) is 30.2. The maximum atomic E-state index is 14.1. The average molecular weight is 587 g/mol. The fraction of sp³-hybridized carbons (Fsp3) is 0.235. The molecule has 5 rings (SSSR count). The lowest BCUT2D eigenvalue weighted by molar-refractivity contribution is 0.0734. The van der Waals surface area contributed by atoms with Gasteiger partial charge in [0.05, 0.1) is 18.2 Å². The average Bonchev–Trinajstić information content (AvgIpc) is 2.92. The van der Waals surface area contributed by atoms with Gasteiger partial charge in [0.2, 0.25) is 0 Å². The number of pyridine rings is 1. The summed E-state index contributed by atoms with van der Waals surface area (Å²) in [6.45, 7) is 10.1. The first kappa shape index (κ1) is 29.1. The Bertz CT molecular complexity index is 1710. The molecular formula is C34H32ClFN2O4. The van der Waals surface area contributed by atoms with Gasteiger partial charge >= 0.3 is 5.97 Å². The predicted molar refractivity (Wildman–Crippen MR) is 164 cm³/mol. The number of ether oxygens (including phenoxy) is 3. The largest absolute Gasteiger partial charge is 0.496 e. The van der Waals surface area contributed by atoms with Gasteiger partial charge < -0.3 is 19.5 Å². The van der Waals surface area contributed by atoms with Gasteiger partial charge in [0, 0.05) is 40.2 Å². The third kappa shape index (κ3) is 6.11. The van der Waals surface area contributed by atoms with Gasteiger partial charge in [0.15, 0.2) is 0 Å². The summed E-state index contributed by atoms with van der Waals surface area (Å²) in [5, 5.41) is 3.81. The number of hydrogen-bond donors (Lipinski definition) is 1. The van der Waals surface area contributed by atoms with Crippen LogP contribution in [0.2, 0.25) is 5.15 Å². The number of nitrogens with one attached hydrogen (secondary N) is 1. The van der Waals surface area contributed by atoms with Crippen LogP contribution < -0.4 is 19.5 Å². The number of anilines is 1. The van der Waals surface area contributed by atoms with Crippen LogP contribution in [0.4, 0.5) is 10.1 Å². The third-order valence-electron chi connectivity index (χ3n) is 7.10. The number of aryl methyl sites for hydroxylation is 2. The molecule has 0 saturated heterocycles. The van der Waals surface area contributed by atoms with Crippen LogP contribution in [0.15, 0.2) is 66.7 Å². The minimum Gasteiger partial charge on any atom is -0.496 e. The summed E-state index contributed by atoms with van der Waals surface area (Å²) in [6.07, 6.45) is 2.18. The van der Waals surface area contributed by atoms with Crippen LogP contribution in [0.3, 0.4) is 0 Å². The van der Waals surface area contributed by atoms with Crippen LogP contribution in [0.1, 0.15) is 53.5 Å². The summed E-state index contributed by atoms with van der Waals surface area (Å²) in [5.41, 5.74) is 7.20. The second-order valence-electron chi connectivity index (χ2n) is 11.0. The Hall–Kier alpha value is -4.36. The minimum atomic E-state index is -0.556. The van der Waals surface area contributed by atoms with Crippen molar-refractivity contribution in [1.82, 2.24) is 4.98 Å². The summed E-state index contributed by atoms with van der Waals surface area (Å²) >= 11 is 6.03. The maximum absolute atomic E-state index is 14.1. The number of methoxy groups -OCH3 is 1. The van der Waals surface area contributed by atoms with Gasteiger partial charge in [-0.2, -0.15) is 0 Å². The van der Waals surface area contributed by atoms with Crippen molar-refractivity contribution in [2.45, 2.75) is 46.8 Å². The van der Waals surface area contributed by atoms with E-state index in [9.17, 15) is 9.18 Å². The molecule has 0 radical (unpaired) electrons. The summed E-state index contributed by atoms with van der Waals surface area (Å²) in [4.78, 5) is 16.9. The number of benzene rings is 3. The molecule has 0 amide bonds. The molecule has 0 spiro atoms. The lowest BCUT2D eigenvalue weighted by atomic mass is 9.85. The molecule has 3 aromatic carbocycles. The molecule has 4 aromatic rings. The molecule has 1 aromatic heterocycles. The number of carbonyl (C=O) groups excluding carboxylic acids is 1. The van der Waals surface area contributed by atoms with E-state index < -0.39 is 5.97 Å². The Morgan fingerprint density at radius 2 is 1.74 bits per heavy atom. The molecule has 0 fully saturated rings. The monoisotopic (exact) mass is 586 g/mol. The first-order valence-electron chi connectivity index (χ1n) is 13.5. The Labute approximate surface area is 250 Å². The first-order valence-corrected chi connectivity index (χ1v) is 13.9. The van der Waals surface area contributed by atoms with Crippen molar-refractivity contribution in [1.29, 1.82) is 0 Å². The number of allylic oxidation sites excluding steroid dienone is 1. The van der Waals surface area contributed by atoms with Crippen molar-refractivity contribution in [3.05, 3.63) is 106 Å². The van der Waals surface area contributed by atoms with Crippen molar-refractivity contribution >= 4 is 28.8 Å². The number of fused-ring (bicyclic) bond motifs is 1. The molecule has 6 nitrogen and oxygen atoms in total. The van der Waals surface area contributed by atoms with E-state index in [1.165, 1.54) is 18.2 Å². The molecule has 0 saturated carbocycles. The SMILES string of the molecule is COc1cc(OC(=O)c2cc(C)nc(Cl)c2)ccc1-c1ccc2c(c1COc1cc(F)ccc1C)C(C)=CC(C)(C)N2. The first-order chi connectivity index (χ1) is 19.9. The van der Waals surface area contributed by atoms with Crippen molar-refractivity contribution in [3.63, 3.8) is 0 Å². The van der Waals surface area contributed by atoms with Crippen molar-refractivity contribution in [3.8, 4) is 28.4 Å². The summed E-state index contributed by atoms with van der Waals surface area (Å²) in [5.74, 6) is 0.390. The number of rotatable bonds is 7. The van der Waals surface area contributed by atoms with Gasteiger partial charge in [-0.05, 0) is 87.7 Å². The van der Waals surface area contributed by atoms with Crippen LogP contribution in [-0.4, -0.2) is 23.6 Å². The van der Waals surface area contributed by atoms with Gasteiger partial charge in [-0.25, -0.2) is 14.2 Å². The highest BCUT2D eigenvalue weighted by Gasteiger charge is 2.27. The van der Waals surface area contributed by atoms with Crippen molar-refractivity contribution in [2.24, 2.45) is 0 Å². The van der Waals surface area contributed by atoms with Gasteiger partial charge in [-0.1, -0.05) is 29.8 Å². The zero-order valence-corrected chi connectivity index (χ0v) is 25.2. The second kappa shape index (κ2) is 11.5. The molecule has 8 heteroatoms. The van der Waals surface area contributed by atoms with Crippen LogP contribution in [0.5, 0.6) is 17.2 Å². The Morgan fingerprint density at radius 3 is 2.48 bits per heavy atom. The second-order valence-corrected chi connectivity index (χ2v) is 11.3. The van der Waals surface area contributed by atoms with Gasteiger partial charge in [0.25, 0.3) is 0 Å². The van der Waals surface area contributed by atoms with Crippen molar-refractivity contribution < 1.29 is 23.4 Å². The fourth-order valence-electron chi connectivity index (χ4n) is 5.35. The molecular weight excluding hydrogens is 555 g/mol. The van der Waals surface area contributed by atoms with E-state index in [2.05, 4.69) is 37.1 Å². The highest BCUT2D eigenvalue weighted by Crippen LogP contribution is 2.43. The standard InChI is InChI=1S/C34H32ClFN2O4/c1-19-7-8-23(36)15-29(19)41-18-27-25(11-12-28-32(27)20(2)17-34(4,5)38-28)26-10-9-24(16-30(26)40-6)42-33(39)22-13-21(3)37-31(35)14-22/h7-17,38H,18H2,1-6H3. The molecule has 216 valence electrons. The van der Waals surface area contributed by atoms with Crippen LogP contribution in [0, 0.1) is 19.7 Å². The summed E-state index contributed by atoms with van der Waals surface area (Å²) in [7, 11) is 1.57. The molecule has 1 aliphatic heterocycles. The topological polar surface area (TPSA) is 69.7 Å². The van der Waals surface area contributed by atoms with E-state index >= 15 is 0 Å². The van der Waals surface area contributed by atoms with E-state index in [0.29, 0.717) is 28.5 Å². The van der Waals surface area contributed by atoms with Gasteiger partial charge in [-0.3, -0.25) is 0 Å². The van der Waals surface area contributed by atoms with E-state index in [1.807, 2.05) is 25.1 Å². The quantitative estimate of drug-likeness (QED) is 0.133. The maximum Gasteiger partial charge on any atom is 0.343 e. The molecule has 1 aliphatic rings. The fourth-order valence-corrected chi connectivity index (χ4v) is 5.60. The van der Waals surface area contributed by atoms with E-state index in [4.69, 9.17) is 25.8 Å². The number of hydrogen-bond acceptors (Lipinski definition) is 6. The number of esters is 1. The molecule has 1 N–H and O–H groups in total. The number of aromatic nitrogens is 1. The number of carbonyl (C=O) groups is 1. The number of nitrogens with zero attached hydrogens (tertiary/aromatic N) is 1. The third-order valence-corrected chi connectivity index (χ3v) is 7.29. The molecule has 0 atom stereocenters. The Morgan fingerprint density at radius 1 is 0.976 bits per heavy atom. The highest BCUT2D eigenvalue weighted by molar-refractivity contribution is 6.29. The van der Waals surface area contributed by atoms with E-state index in [-0.39, 0.29) is 23.1 Å². The van der Waals surface area contributed by atoms with Gasteiger partial charge in [0.1, 0.15) is 34.8 Å². The zero-order valence-electron chi connectivity index (χ0n) is 24.4. The molecule has 0 aliphatic carbocycles.